The fourth-order valence-corrected chi connectivity index (χ4v) is 4.23. The van der Waals surface area contributed by atoms with E-state index in [0.717, 1.165) is 25.0 Å². The summed E-state index contributed by atoms with van der Waals surface area (Å²) in [6.45, 7) is 7.73. The number of sulfonamides is 1. The monoisotopic (exact) mass is 313 g/mol. The highest BCUT2D eigenvalue weighted by Gasteiger charge is 2.29. The fraction of sp³-hybridized carbons (Fsp3) is 0.625. The average Bonchev–Trinajstić information content (AvgIpc) is 2.50. The molecule has 0 aliphatic carbocycles. The van der Waals surface area contributed by atoms with Crippen molar-refractivity contribution in [3.05, 3.63) is 29.8 Å². The van der Waals surface area contributed by atoms with Crippen LogP contribution in [0, 0.1) is 12.8 Å². The maximum absolute atomic E-state index is 12.6. The summed E-state index contributed by atoms with van der Waals surface area (Å²) in [5.41, 5.74) is 0.807. The number of hydrogen-bond acceptors (Lipinski definition) is 3. The first kappa shape index (κ1) is 18.1. The van der Waals surface area contributed by atoms with Gasteiger partial charge in [0.15, 0.2) is 0 Å². The molecule has 0 saturated carbocycles. The van der Waals surface area contributed by atoms with Gasteiger partial charge in [-0.25, -0.2) is 8.42 Å². The van der Waals surface area contributed by atoms with Gasteiger partial charge in [-0.05, 0) is 37.3 Å². The second-order valence-electron chi connectivity index (χ2n) is 5.07. The van der Waals surface area contributed by atoms with E-state index < -0.39 is 10.0 Å². The van der Waals surface area contributed by atoms with E-state index in [1.807, 2.05) is 32.9 Å². The topological polar surface area (TPSA) is 46.6 Å². The first-order valence-electron chi connectivity index (χ1n) is 7.60. The first-order chi connectivity index (χ1) is 10.1. The maximum Gasteiger partial charge on any atom is 0.243 e. The number of hydrogen-bond donors (Lipinski definition) is 0. The van der Waals surface area contributed by atoms with Crippen LogP contribution in [-0.4, -0.2) is 39.5 Å². The summed E-state index contributed by atoms with van der Waals surface area (Å²) < 4.78 is 31.9. The Morgan fingerprint density at radius 3 is 2.29 bits per heavy atom. The quantitative estimate of drug-likeness (QED) is 0.858. The third-order valence-corrected chi connectivity index (χ3v) is 5.75. The van der Waals surface area contributed by atoms with Gasteiger partial charge in [0, 0.05) is 26.8 Å². The Balaban J connectivity index is 0.00000106. The molecule has 0 radical (unpaired) electrons. The first-order valence-corrected chi connectivity index (χ1v) is 9.04. The molecule has 2 rings (SSSR count). The van der Waals surface area contributed by atoms with E-state index in [-0.39, 0.29) is 0 Å². The van der Waals surface area contributed by atoms with Gasteiger partial charge in [-0.3, -0.25) is 0 Å². The summed E-state index contributed by atoms with van der Waals surface area (Å²) >= 11 is 0. The van der Waals surface area contributed by atoms with Gasteiger partial charge in [0.05, 0.1) is 4.90 Å². The molecule has 0 N–H and O–H groups in total. The average molecular weight is 313 g/mol. The summed E-state index contributed by atoms with van der Waals surface area (Å²) in [7, 11) is -1.65. The van der Waals surface area contributed by atoms with Crippen molar-refractivity contribution < 1.29 is 13.2 Å². The van der Waals surface area contributed by atoms with Gasteiger partial charge in [-0.15, -0.1) is 0 Å². The molecule has 1 aliphatic heterocycles. The van der Waals surface area contributed by atoms with E-state index in [1.54, 1.807) is 23.5 Å². The fourth-order valence-electron chi connectivity index (χ4n) is 2.54. The third-order valence-electron chi connectivity index (χ3n) is 3.69. The lowest BCUT2D eigenvalue weighted by Crippen LogP contribution is -2.39. The van der Waals surface area contributed by atoms with Crippen molar-refractivity contribution in [2.45, 2.75) is 38.5 Å². The molecular formula is C16H27NO3S. The van der Waals surface area contributed by atoms with Gasteiger partial charge in [0.2, 0.25) is 10.0 Å². The largest absolute Gasteiger partial charge is 0.384 e. The van der Waals surface area contributed by atoms with Crippen LogP contribution in [0.15, 0.2) is 29.2 Å². The van der Waals surface area contributed by atoms with E-state index in [9.17, 15) is 8.42 Å². The Labute approximate surface area is 129 Å². The van der Waals surface area contributed by atoms with Gasteiger partial charge in [0.1, 0.15) is 0 Å². The molecule has 0 spiro atoms. The number of ether oxygens (including phenoxy) is 1. The van der Waals surface area contributed by atoms with E-state index in [2.05, 4.69) is 0 Å². The number of aryl methyl sites for hydroxylation is 1. The Morgan fingerprint density at radius 1 is 1.19 bits per heavy atom. The molecule has 0 aromatic heterocycles. The van der Waals surface area contributed by atoms with Crippen LogP contribution in [0.4, 0.5) is 0 Å². The normalized spacial score (nSPS) is 17.1. The van der Waals surface area contributed by atoms with Crippen molar-refractivity contribution in [1.82, 2.24) is 4.31 Å². The van der Waals surface area contributed by atoms with Crippen molar-refractivity contribution >= 4 is 10.0 Å². The van der Waals surface area contributed by atoms with Crippen molar-refractivity contribution in [3.63, 3.8) is 0 Å². The molecule has 21 heavy (non-hydrogen) atoms. The highest BCUT2D eigenvalue weighted by atomic mass is 32.2. The van der Waals surface area contributed by atoms with Gasteiger partial charge >= 0.3 is 0 Å². The summed E-state index contributed by atoms with van der Waals surface area (Å²) in [5, 5.41) is 0. The van der Waals surface area contributed by atoms with Crippen molar-refractivity contribution in [2.24, 2.45) is 5.92 Å². The Kier molecular flexibility index (Phi) is 7.35. The third kappa shape index (κ3) is 4.53. The molecule has 1 aromatic rings. The molecule has 1 aromatic carbocycles. The van der Waals surface area contributed by atoms with Crippen LogP contribution in [0.1, 0.15) is 32.3 Å². The molecule has 120 valence electrons. The van der Waals surface area contributed by atoms with Crippen molar-refractivity contribution in [1.29, 1.82) is 0 Å². The lowest BCUT2D eigenvalue weighted by molar-refractivity contribution is 0.121. The number of benzene rings is 1. The number of methoxy groups -OCH3 is 1. The van der Waals surface area contributed by atoms with Crippen molar-refractivity contribution in [3.8, 4) is 0 Å². The highest BCUT2D eigenvalue weighted by molar-refractivity contribution is 7.89. The molecule has 0 unspecified atom stereocenters. The minimum atomic E-state index is -3.34. The SMILES string of the molecule is CC.COCC1CCN(S(=O)(=O)c2ccccc2C)CC1. The maximum atomic E-state index is 12.6. The molecule has 1 fully saturated rings. The standard InChI is InChI=1S/C14H21NO3S.C2H6/c1-12-5-3-4-6-14(12)19(16,17)15-9-7-13(8-10-15)11-18-2;1-2/h3-6,13H,7-11H2,1-2H3;1-2H3. The molecule has 1 heterocycles. The van der Waals surface area contributed by atoms with Crippen LogP contribution in [0.5, 0.6) is 0 Å². The van der Waals surface area contributed by atoms with Gasteiger partial charge in [-0.1, -0.05) is 32.0 Å². The molecule has 0 atom stereocenters. The minimum Gasteiger partial charge on any atom is -0.384 e. The predicted octanol–water partition coefficient (Wildman–Crippen LogP) is 3.07. The summed E-state index contributed by atoms with van der Waals surface area (Å²) in [6.07, 6.45) is 1.75. The number of piperidine rings is 1. The van der Waals surface area contributed by atoms with E-state index >= 15 is 0 Å². The predicted molar refractivity (Wildman–Crippen MR) is 85.9 cm³/mol. The van der Waals surface area contributed by atoms with Gasteiger partial charge in [-0.2, -0.15) is 4.31 Å². The van der Waals surface area contributed by atoms with E-state index in [4.69, 9.17) is 4.74 Å². The van der Waals surface area contributed by atoms with Crippen LogP contribution in [0.2, 0.25) is 0 Å². The van der Waals surface area contributed by atoms with Gasteiger partial charge < -0.3 is 4.74 Å². The molecule has 0 amide bonds. The molecular weight excluding hydrogens is 286 g/mol. The molecule has 4 nitrogen and oxygen atoms in total. The second-order valence-corrected chi connectivity index (χ2v) is 6.97. The smallest absolute Gasteiger partial charge is 0.243 e. The van der Waals surface area contributed by atoms with Gasteiger partial charge in [0.25, 0.3) is 0 Å². The minimum absolute atomic E-state index is 0.431. The zero-order chi connectivity index (χ0) is 15.9. The lowest BCUT2D eigenvalue weighted by Gasteiger charge is -2.31. The molecule has 1 aliphatic rings. The van der Waals surface area contributed by atoms with Crippen LogP contribution in [-0.2, 0) is 14.8 Å². The summed E-state index contributed by atoms with van der Waals surface area (Å²) in [5.74, 6) is 0.480. The van der Waals surface area contributed by atoms with Crippen LogP contribution in [0.3, 0.4) is 0 Å². The molecule has 5 heteroatoms. The Hall–Kier alpha value is -0.910. The zero-order valence-electron chi connectivity index (χ0n) is 13.5. The Bertz CT molecular complexity index is 520. The van der Waals surface area contributed by atoms with Crippen molar-refractivity contribution in [2.75, 3.05) is 26.8 Å². The number of nitrogens with zero attached hydrogens (tertiary/aromatic N) is 1. The molecule has 0 bridgehead atoms. The van der Waals surface area contributed by atoms with Crippen LogP contribution in [0.25, 0.3) is 0 Å². The van der Waals surface area contributed by atoms with Crippen LogP contribution < -0.4 is 0 Å². The second kappa shape index (κ2) is 8.51. The molecule has 1 saturated heterocycles. The highest BCUT2D eigenvalue weighted by Crippen LogP contribution is 2.25. The summed E-state index contributed by atoms with van der Waals surface area (Å²) in [4.78, 5) is 0.431. The summed E-state index contributed by atoms with van der Waals surface area (Å²) in [6, 6.07) is 7.16. The van der Waals surface area contributed by atoms with E-state index in [1.165, 1.54) is 0 Å². The van der Waals surface area contributed by atoms with E-state index in [0.29, 0.717) is 23.9 Å². The zero-order valence-corrected chi connectivity index (χ0v) is 14.3. The van der Waals surface area contributed by atoms with Crippen LogP contribution >= 0.6 is 0 Å². The lowest BCUT2D eigenvalue weighted by atomic mass is 9.99. The Morgan fingerprint density at radius 2 is 1.76 bits per heavy atom. The number of rotatable bonds is 4.